The van der Waals surface area contributed by atoms with Crippen LogP contribution in [0.15, 0.2) is 18.6 Å². The fraction of sp³-hybridized carbons (Fsp3) is 0.571. The van der Waals surface area contributed by atoms with Crippen LogP contribution in [-0.2, 0) is 7.05 Å². The van der Waals surface area contributed by atoms with Crippen LogP contribution in [0.4, 0.5) is 0 Å². The average molecular weight is 292 g/mol. The SMILES string of the molecule is CSC[C@H]1CCCN(C(=O)c2cnn3ccn(C)c23)C1. The van der Waals surface area contributed by atoms with Crippen LogP contribution >= 0.6 is 11.8 Å². The number of carbonyl (C=O) groups is 1. The van der Waals surface area contributed by atoms with Gasteiger partial charge in [0, 0.05) is 32.5 Å². The van der Waals surface area contributed by atoms with Gasteiger partial charge in [-0.1, -0.05) is 0 Å². The lowest BCUT2D eigenvalue weighted by molar-refractivity contribution is 0.0687. The summed E-state index contributed by atoms with van der Waals surface area (Å²) in [7, 11) is 1.94. The normalized spacial score (nSPS) is 19.7. The topological polar surface area (TPSA) is 42.5 Å². The molecule has 0 unspecified atom stereocenters. The van der Waals surface area contributed by atoms with Crippen molar-refractivity contribution in [2.45, 2.75) is 12.8 Å². The zero-order valence-corrected chi connectivity index (χ0v) is 12.8. The number of hydrogen-bond donors (Lipinski definition) is 0. The van der Waals surface area contributed by atoms with Crippen molar-refractivity contribution < 1.29 is 4.79 Å². The minimum absolute atomic E-state index is 0.118. The molecule has 3 rings (SSSR count). The largest absolute Gasteiger partial charge is 0.338 e. The van der Waals surface area contributed by atoms with Gasteiger partial charge in [0.15, 0.2) is 0 Å². The highest BCUT2D eigenvalue weighted by Crippen LogP contribution is 2.22. The maximum Gasteiger partial charge on any atom is 0.259 e. The van der Waals surface area contributed by atoms with Crippen molar-refractivity contribution >= 4 is 23.3 Å². The van der Waals surface area contributed by atoms with Crippen molar-refractivity contribution in [3.05, 3.63) is 24.2 Å². The number of likely N-dealkylation sites (tertiary alicyclic amines) is 1. The summed E-state index contributed by atoms with van der Waals surface area (Å²) >= 11 is 1.87. The molecule has 1 aliphatic rings. The first-order valence-electron chi connectivity index (χ1n) is 6.97. The van der Waals surface area contributed by atoms with Crippen molar-refractivity contribution in [2.75, 3.05) is 25.1 Å². The molecule has 0 aliphatic carbocycles. The first-order chi connectivity index (χ1) is 9.70. The molecule has 0 radical (unpaired) electrons. The highest BCUT2D eigenvalue weighted by molar-refractivity contribution is 7.98. The van der Waals surface area contributed by atoms with Crippen LogP contribution in [0, 0.1) is 5.92 Å². The third-order valence-electron chi connectivity index (χ3n) is 3.97. The van der Waals surface area contributed by atoms with Gasteiger partial charge in [0.1, 0.15) is 11.2 Å². The molecule has 0 aromatic carbocycles. The van der Waals surface area contributed by atoms with Gasteiger partial charge in [-0.15, -0.1) is 0 Å². The predicted octanol–water partition coefficient (Wildman–Crippen LogP) is 1.89. The zero-order valence-electron chi connectivity index (χ0n) is 12.0. The molecular weight excluding hydrogens is 272 g/mol. The highest BCUT2D eigenvalue weighted by Gasteiger charge is 2.26. The summed E-state index contributed by atoms with van der Waals surface area (Å²) in [5.41, 5.74) is 1.59. The number of piperidine rings is 1. The number of nitrogens with zero attached hydrogens (tertiary/aromatic N) is 4. The molecule has 108 valence electrons. The Kier molecular flexibility index (Phi) is 3.74. The maximum atomic E-state index is 12.7. The van der Waals surface area contributed by atoms with Crippen molar-refractivity contribution in [1.82, 2.24) is 19.1 Å². The minimum Gasteiger partial charge on any atom is -0.338 e. The Morgan fingerprint density at radius 2 is 2.35 bits per heavy atom. The monoisotopic (exact) mass is 292 g/mol. The fourth-order valence-corrected chi connectivity index (χ4v) is 3.74. The molecule has 2 aromatic heterocycles. The van der Waals surface area contributed by atoms with Gasteiger partial charge in [0.25, 0.3) is 5.91 Å². The standard InChI is InChI=1S/C14H20N4OS/c1-16-6-7-18-13(16)12(8-15-18)14(19)17-5-3-4-11(9-17)10-20-2/h6-8,11H,3-5,9-10H2,1-2H3/t11-/m0/s1. The second-order valence-electron chi connectivity index (χ2n) is 5.45. The van der Waals surface area contributed by atoms with E-state index < -0.39 is 0 Å². The molecule has 1 saturated heterocycles. The molecular formula is C14H20N4OS. The molecule has 2 aromatic rings. The Hall–Kier alpha value is -1.43. The summed E-state index contributed by atoms with van der Waals surface area (Å²) in [5, 5.41) is 4.25. The van der Waals surface area contributed by atoms with Crippen molar-refractivity contribution in [3.8, 4) is 0 Å². The zero-order chi connectivity index (χ0) is 14.1. The number of carbonyl (C=O) groups excluding carboxylic acids is 1. The molecule has 1 fully saturated rings. The summed E-state index contributed by atoms with van der Waals surface area (Å²) in [5.74, 6) is 1.88. The van der Waals surface area contributed by atoms with E-state index in [0.29, 0.717) is 11.5 Å². The number of hydrogen-bond acceptors (Lipinski definition) is 3. The van der Waals surface area contributed by atoms with Crippen LogP contribution in [0.25, 0.3) is 5.65 Å². The van der Waals surface area contributed by atoms with E-state index in [1.54, 1.807) is 10.7 Å². The molecule has 1 amide bonds. The van der Waals surface area contributed by atoms with Crippen LogP contribution in [0.5, 0.6) is 0 Å². The van der Waals surface area contributed by atoms with E-state index in [9.17, 15) is 4.79 Å². The molecule has 5 nitrogen and oxygen atoms in total. The second-order valence-corrected chi connectivity index (χ2v) is 6.36. The van der Waals surface area contributed by atoms with Crippen LogP contribution in [0.3, 0.4) is 0 Å². The first-order valence-corrected chi connectivity index (χ1v) is 8.37. The molecule has 0 saturated carbocycles. The minimum atomic E-state index is 0.118. The smallest absolute Gasteiger partial charge is 0.259 e. The summed E-state index contributed by atoms with van der Waals surface area (Å²) in [6.07, 6.45) is 9.96. The molecule has 6 heteroatoms. The van der Waals surface area contributed by atoms with E-state index in [2.05, 4.69) is 11.4 Å². The Bertz CT molecular complexity index is 616. The van der Waals surface area contributed by atoms with Crippen molar-refractivity contribution in [3.63, 3.8) is 0 Å². The lowest BCUT2D eigenvalue weighted by Crippen LogP contribution is -2.40. The first kappa shape index (κ1) is 13.5. The Morgan fingerprint density at radius 1 is 1.50 bits per heavy atom. The van der Waals surface area contributed by atoms with Crippen LogP contribution in [-0.4, -0.2) is 50.1 Å². The van der Waals surface area contributed by atoms with Gasteiger partial charge in [-0.05, 0) is 30.8 Å². The number of aromatic nitrogens is 3. The summed E-state index contributed by atoms with van der Waals surface area (Å²) in [4.78, 5) is 14.7. The van der Waals surface area contributed by atoms with E-state index in [0.717, 1.165) is 30.9 Å². The highest BCUT2D eigenvalue weighted by atomic mass is 32.2. The number of amides is 1. The maximum absolute atomic E-state index is 12.7. The molecule has 1 atom stereocenters. The molecule has 1 aliphatic heterocycles. The molecule has 0 bridgehead atoms. The molecule has 20 heavy (non-hydrogen) atoms. The van der Waals surface area contributed by atoms with E-state index >= 15 is 0 Å². The quantitative estimate of drug-likeness (QED) is 0.867. The number of imidazole rings is 1. The Balaban J connectivity index is 1.83. The lowest BCUT2D eigenvalue weighted by atomic mass is 9.99. The number of aryl methyl sites for hydroxylation is 1. The van der Waals surface area contributed by atoms with Crippen molar-refractivity contribution in [2.24, 2.45) is 13.0 Å². The number of rotatable bonds is 3. The number of fused-ring (bicyclic) bond motifs is 1. The predicted molar refractivity (Wildman–Crippen MR) is 81.2 cm³/mol. The molecule has 0 spiro atoms. The van der Waals surface area contributed by atoms with Gasteiger partial charge in [-0.3, -0.25) is 4.79 Å². The van der Waals surface area contributed by atoms with Gasteiger partial charge < -0.3 is 9.47 Å². The van der Waals surface area contributed by atoms with Crippen molar-refractivity contribution in [1.29, 1.82) is 0 Å². The fourth-order valence-electron chi connectivity index (χ4n) is 2.99. The summed E-state index contributed by atoms with van der Waals surface area (Å²) < 4.78 is 3.71. The van der Waals surface area contributed by atoms with Gasteiger partial charge in [0.05, 0.1) is 6.20 Å². The Morgan fingerprint density at radius 3 is 3.15 bits per heavy atom. The third kappa shape index (κ3) is 2.32. The van der Waals surface area contributed by atoms with Crippen LogP contribution in [0.1, 0.15) is 23.2 Å². The van der Waals surface area contributed by atoms with Crippen LogP contribution in [0.2, 0.25) is 0 Å². The lowest BCUT2D eigenvalue weighted by Gasteiger charge is -2.32. The van der Waals surface area contributed by atoms with E-state index in [4.69, 9.17) is 0 Å². The van der Waals surface area contributed by atoms with E-state index in [-0.39, 0.29) is 5.91 Å². The van der Waals surface area contributed by atoms with Gasteiger partial charge in [-0.2, -0.15) is 16.9 Å². The summed E-state index contributed by atoms with van der Waals surface area (Å²) in [6.45, 7) is 1.74. The third-order valence-corrected chi connectivity index (χ3v) is 4.78. The molecule has 0 N–H and O–H groups in total. The van der Waals surface area contributed by atoms with E-state index in [1.165, 1.54) is 6.42 Å². The second kappa shape index (κ2) is 5.52. The van der Waals surface area contributed by atoms with Gasteiger partial charge >= 0.3 is 0 Å². The summed E-state index contributed by atoms with van der Waals surface area (Å²) in [6, 6.07) is 0. The van der Waals surface area contributed by atoms with Crippen LogP contribution < -0.4 is 0 Å². The van der Waals surface area contributed by atoms with Gasteiger partial charge in [0.2, 0.25) is 0 Å². The molecule has 3 heterocycles. The average Bonchev–Trinajstić information content (AvgIpc) is 3.02. The van der Waals surface area contributed by atoms with E-state index in [1.807, 2.05) is 40.7 Å². The number of thioether (sulfide) groups is 1. The Labute approximate surface area is 122 Å². The van der Waals surface area contributed by atoms with Gasteiger partial charge in [-0.25, -0.2) is 4.52 Å².